The second-order valence-corrected chi connectivity index (χ2v) is 23.2. The highest BCUT2D eigenvalue weighted by Crippen LogP contribution is 2.44. The molecule has 0 bridgehead atoms. The highest BCUT2D eigenvalue weighted by molar-refractivity contribution is 8.77. The fourth-order valence-corrected chi connectivity index (χ4v) is 12.9. The molecule has 4 aliphatic heterocycles. The maximum absolute atomic E-state index is 14.1. The Morgan fingerprint density at radius 2 is 1.46 bits per heavy atom. The van der Waals surface area contributed by atoms with Crippen molar-refractivity contribution in [2.45, 2.75) is 81.2 Å². The molecule has 0 fully saturated rings. The lowest BCUT2D eigenvalue weighted by Crippen LogP contribution is -2.39. The summed E-state index contributed by atoms with van der Waals surface area (Å²) >= 11 is 0. The topological polar surface area (TPSA) is 228 Å². The minimum Gasteiger partial charge on any atom is -0.493 e. The fourth-order valence-electron chi connectivity index (χ4n) is 9.40. The summed E-state index contributed by atoms with van der Waals surface area (Å²) in [5, 5.41) is 4.81. The van der Waals surface area contributed by atoms with Crippen LogP contribution in [0.2, 0.25) is 0 Å². The molecule has 4 aliphatic rings. The van der Waals surface area contributed by atoms with Gasteiger partial charge in [0, 0.05) is 65.3 Å². The predicted molar refractivity (Wildman–Crippen MR) is 280 cm³/mol. The molecular formula is C52H54N6O11S3. The van der Waals surface area contributed by atoms with Gasteiger partial charge in [0.1, 0.15) is 13.2 Å². The number of rotatable bonds is 19. The van der Waals surface area contributed by atoms with E-state index in [1.54, 1.807) is 47.5 Å². The van der Waals surface area contributed by atoms with Gasteiger partial charge in [-0.25, -0.2) is 0 Å². The number of hydrogen-bond acceptors (Lipinski definition) is 14. The average molecular weight is 1040 g/mol. The summed E-state index contributed by atoms with van der Waals surface area (Å²) in [4.78, 5) is 61.7. The Hall–Kier alpha value is -6.74. The third-order valence-electron chi connectivity index (χ3n) is 13.0. The van der Waals surface area contributed by atoms with Crippen LogP contribution in [-0.4, -0.2) is 91.4 Å². The lowest BCUT2D eigenvalue weighted by Gasteiger charge is -2.23. The first-order chi connectivity index (χ1) is 34.5. The summed E-state index contributed by atoms with van der Waals surface area (Å²) in [5.41, 5.74) is 12.9. The molecule has 20 heteroatoms. The van der Waals surface area contributed by atoms with Gasteiger partial charge in [-0.3, -0.25) is 33.6 Å². The molecule has 0 aromatic heterocycles. The van der Waals surface area contributed by atoms with Crippen molar-refractivity contribution in [3.63, 3.8) is 0 Å². The summed E-state index contributed by atoms with van der Waals surface area (Å²) < 4.78 is 56.5. The van der Waals surface area contributed by atoms with Crippen LogP contribution in [0.25, 0.3) is 0 Å². The van der Waals surface area contributed by atoms with E-state index < -0.39 is 26.0 Å². The molecule has 72 heavy (non-hydrogen) atoms. The fraction of sp³-hybridized carbons (Fsp3) is 0.327. The molecule has 17 nitrogen and oxygen atoms in total. The summed E-state index contributed by atoms with van der Waals surface area (Å²) in [6.07, 6.45) is 3.61. The van der Waals surface area contributed by atoms with E-state index in [-0.39, 0.29) is 61.6 Å². The van der Waals surface area contributed by atoms with Crippen molar-refractivity contribution in [2.24, 2.45) is 10.7 Å². The number of ether oxygens (including phenoxy) is 4. The van der Waals surface area contributed by atoms with Crippen LogP contribution in [-0.2, 0) is 45.8 Å². The van der Waals surface area contributed by atoms with Gasteiger partial charge in [-0.2, -0.15) is 8.42 Å². The van der Waals surface area contributed by atoms with E-state index in [1.165, 1.54) is 35.8 Å². The summed E-state index contributed by atoms with van der Waals surface area (Å²) in [7, 11) is 1.15. The van der Waals surface area contributed by atoms with E-state index in [4.69, 9.17) is 29.7 Å². The molecule has 5 aromatic carbocycles. The molecule has 5 aromatic rings. The van der Waals surface area contributed by atoms with Crippen LogP contribution in [0.5, 0.6) is 23.0 Å². The van der Waals surface area contributed by atoms with Crippen LogP contribution in [0.3, 0.4) is 0 Å². The van der Waals surface area contributed by atoms with Crippen molar-refractivity contribution in [2.75, 3.05) is 47.0 Å². The van der Waals surface area contributed by atoms with Crippen molar-refractivity contribution < 1.29 is 51.1 Å². The maximum Gasteiger partial charge on any atom is 0.276 e. The average Bonchev–Trinajstić information content (AvgIpc) is 3.84. The number of benzene rings is 5. The molecule has 376 valence electrons. The number of carbonyl (C=O) groups is 4. The van der Waals surface area contributed by atoms with Gasteiger partial charge in [0.25, 0.3) is 21.9 Å². The third kappa shape index (κ3) is 10.7. The van der Waals surface area contributed by atoms with Gasteiger partial charge in [0.15, 0.2) is 28.2 Å². The first-order valence-electron chi connectivity index (χ1n) is 23.3. The molecule has 0 spiro atoms. The van der Waals surface area contributed by atoms with Gasteiger partial charge in [-0.15, -0.1) is 0 Å². The van der Waals surface area contributed by atoms with Gasteiger partial charge in [-0.1, -0.05) is 58.0 Å². The van der Waals surface area contributed by atoms with Crippen LogP contribution in [0, 0.1) is 0 Å². The van der Waals surface area contributed by atoms with Crippen LogP contribution in [0.4, 0.5) is 28.4 Å². The number of methoxy groups -OCH3 is 2. The Bertz CT molecular complexity index is 3110. The van der Waals surface area contributed by atoms with Gasteiger partial charge >= 0.3 is 0 Å². The first kappa shape index (κ1) is 50.2. The number of nitrogens with zero attached hydrogens (tertiary/aromatic N) is 3. The van der Waals surface area contributed by atoms with Crippen LogP contribution < -0.4 is 45.1 Å². The van der Waals surface area contributed by atoms with E-state index in [2.05, 4.69) is 10.6 Å². The number of amides is 4. The first-order valence-corrected chi connectivity index (χ1v) is 27.1. The SMILES string of the molecule is COc1cc2c(cc1OCc1cc(COc3cc4c(cc3OC)C(=O)N3c5ccccc5C[C@H]3CN4)cc(NC(=O)CCC(C)(C)SSCCC(C(N)=O)S(=O)(=O)O)c1)N=C[C@@H]1Cc3ccccc3N1C2=O. The van der Waals surface area contributed by atoms with Crippen molar-refractivity contribution in [1.82, 2.24) is 0 Å². The quantitative estimate of drug-likeness (QED) is 0.0348. The lowest BCUT2D eigenvalue weighted by atomic mass is 10.1. The zero-order chi connectivity index (χ0) is 50.9. The van der Waals surface area contributed by atoms with E-state index in [1.807, 2.05) is 73.3 Å². The highest BCUT2D eigenvalue weighted by Gasteiger charge is 2.39. The van der Waals surface area contributed by atoms with Crippen molar-refractivity contribution in [3.05, 3.63) is 124 Å². The van der Waals surface area contributed by atoms with Crippen LogP contribution in [0.15, 0.2) is 96.0 Å². The van der Waals surface area contributed by atoms with E-state index >= 15 is 0 Å². The number of primary amides is 1. The largest absolute Gasteiger partial charge is 0.493 e. The van der Waals surface area contributed by atoms with Crippen molar-refractivity contribution in [3.8, 4) is 23.0 Å². The number of hydrogen-bond donors (Lipinski definition) is 4. The maximum atomic E-state index is 14.1. The molecule has 0 radical (unpaired) electrons. The van der Waals surface area contributed by atoms with Gasteiger partial charge < -0.3 is 40.2 Å². The number of para-hydroxylation sites is 2. The monoisotopic (exact) mass is 1030 g/mol. The Morgan fingerprint density at radius 3 is 2.11 bits per heavy atom. The Labute approximate surface area is 425 Å². The Balaban J connectivity index is 0.931. The van der Waals surface area contributed by atoms with E-state index in [0.29, 0.717) is 81.7 Å². The lowest BCUT2D eigenvalue weighted by molar-refractivity contribution is -0.118. The number of nitrogens with one attached hydrogen (secondary N) is 2. The smallest absolute Gasteiger partial charge is 0.276 e. The molecule has 4 amide bonds. The Kier molecular flexibility index (Phi) is 14.5. The molecule has 3 atom stereocenters. The standard InChI is InChI=1S/C52H54N6O11S3/c1-52(2,71-70-16-14-47(49(53)60)72(63,64)65)15-13-48(59)56-34-18-30(28-68-45-24-39-37(22-43(45)66-3)50(61)57-35(26-54-39)20-32-9-5-7-11-41(32)57)17-31(19-34)29-69-46-25-40-38(23-44(46)67-4)51(62)58-36(27-55-40)21-33-10-6-8-12-42(33)58/h5-12,17-19,22-26,35-36,47,55H,13-16,20-21,27-29H2,1-4H3,(H2,53,60)(H,56,59)(H,63,64,65)/t35-,36-,47?/m0/s1. The highest BCUT2D eigenvalue weighted by atomic mass is 33.1. The minimum absolute atomic E-state index is 0.0235. The number of carbonyl (C=O) groups excluding carboxylic acids is 4. The van der Waals surface area contributed by atoms with Crippen molar-refractivity contribution >= 4 is 90.0 Å². The molecule has 0 aliphatic carbocycles. The van der Waals surface area contributed by atoms with Crippen LogP contribution >= 0.6 is 21.6 Å². The zero-order valence-electron chi connectivity index (χ0n) is 40.0. The third-order valence-corrected chi connectivity index (χ3v) is 17.6. The minimum atomic E-state index is -4.62. The summed E-state index contributed by atoms with van der Waals surface area (Å²) in [6.45, 7) is 4.50. The van der Waals surface area contributed by atoms with Gasteiger partial charge in [-0.05, 0) is 97.8 Å². The Morgan fingerprint density at radius 1 is 0.847 bits per heavy atom. The molecule has 1 unspecified atom stereocenters. The van der Waals surface area contributed by atoms with Gasteiger partial charge in [0.05, 0.1) is 48.8 Å². The normalized spacial score (nSPS) is 17.0. The number of aliphatic imine (C=N–C) groups is 1. The van der Waals surface area contributed by atoms with Crippen molar-refractivity contribution in [1.29, 1.82) is 0 Å². The van der Waals surface area contributed by atoms with E-state index in [9.17, 15) is 32.1 Å². The predicted octanol–water partition coefficient (Wildman–Crippen LogP) is 8.16. The summed E-state index contributed by atoms with van der Waals surface area (Å²) in [6, 6.07) is 27.8. The number of nitrogens with two attached hydrogens (primary N) is 1. The van der Waals surface area contributed by atoms with Crippen LogP contribution in [0.1, 0.15) is 76.1 Å². The molecule has 0 saturated heterocycles. The van der Waals surface area contributed by atoms with E-state index in [0.717, 1.165) is 28.9 Å². The second-order valence-electron chi connectivity index (χ2n) is 18.5. The molecule has 0 saturated carbocycles. The second kappa shape index (κ2) is 20.8. The summed E-state index contributed by atoms with van der Waals surface area (Å²) in [5.74, 6) is -0.000670. The number of fused-ring (bicyclic) bond motifs is 8. The molecule has 4 heterocycles. The number of anilines is 4. The molecule has 5 N–H and O–H groups in total. The molecule has 9 rings (SSSR count). The zero-order valence-corrected chi connectivity index (χ0v) is 42.5. The molecular weight excluding hydrogens is 981 g/mol. The van der Waals surface area contributed by atoms with Gasteiger partial charge in [0.2, 0.25) is 11.8 Å².